The van der Waals surface area contributed by atoms with Gasteiger partial charge in [0.05, 0.1) is 0 Å². The lowest BCUT2D eigenvalue weighted by atomic mass is 10.1. The van der Waals surface area contributed by atoms with Crippen molar-refractivity contribution in [1.29, 1.82) is 0 Å². The molecule has 5 nitrogen and oxygen atoms in total. The van der Waals surface area contributed by atoms with Gasteiger partial charge in [0, 0.05) is 19.1 Å². The first-order valence-electron chi connectivity index (χ1n) is 6.25. The summed E-state index contributed by atoms with van der Waals surface area (Å²) < 4.78 is 0. The monoisotopic (exact) mass is 249 g/mol. The van der Waals surface area contributed by atoms with E-state index >= 15 is 0 Å². The SMILES string of the molecule is O=C(O)NNC1CCCN(Cc2ccccc2)C1. The van der Waals surface area contributed by atoms with Crippen LogP contribution in [-0.2, 0) is 6.54 Å². The molecule has 1 aromatic rings. The quantitative estimate of drug-likeness (QED) is 0.706. The van der Waals surface area contributed by atoms with Crippen LogP contribution in [0, 0.1) is 0 Å². The van der Waals surface area contributed by atoms with Crippen LogP contribution in [0.1, 0.15) is 18.4 Å². The molecule has 1 fully saturated rings. The van der Waals surface area contributed by atoms with Crippen molar-refractivity contribution in [3.8, 4) is 0 Å². The summed E-state index contributed by atoms with van der Waals surface area (Å²) in [6, 6.07) is 10.5. The summed E-state index contributed by atoms with van der Waals surface area (Å²) in [7, 11) is 0. The topological polar surface area (TPSA) is 64.6 Å². The van der Waals surface area contributed by atoms with Crippen LogP contribution in [0.25, 0.3) is 0 Å². The molecule has 98 valence electrons. The standard InChI is InChI=1S/C13H19N3O2/c17-13(18)15-14-12-7-4-8-16(10-12)9-11-5-2-1-3-6-11/h1-3,5-6,12,14-15H,4,7-10H2,(H,17,18). The maximum atomic E-state index is 10.4. The molecular formula is C13H19N3O2. The van der Waals surface area contributed by atoms with Crippen molar-refractivity contribution >= 4 is 6.09 Å². The third kappa shape index (κ3) is 4.01. The first-order valence-corrected chi connectivity index (χ1v) is 6.25. The van der Waals surface area contributed by atoms with Crippen LogP contribution in [0.15, 0.2) is 30.3 Å². The van der Waals surface area contributed by atoms with Crippen LogP contribution in [0.3, 0.4) is 0 Å². The smallest absolute Gasteiger partial charge is 0.419 e. The number of hydrazine groups is 1. The average molecular weight is 249 g/mol. The van der Waals surface area contributed by atoms with Gasteiger partial charge in [0.15, 0.2) is 0 Å². The molecule has 1 aromatic carbocycles. The highest BCUT2D eigenvalue weighted by Crippen LogP contribution is 2.13. The Kier molecular flexibility index (Phi) is 4.55. The summed E-state index contributed by atoms with van der Waals surface area (Å²) in [6.07, 6.45) is 1.06. The highest BCUT2D eigenvalue weighted by atomic mass is 16.4. The van der Waals surface area contributed by atoms with E-state index in [0.29, 0.717) is 0 Å². The third-order valence-electron chi connectivity index (χ3n) is 3.14. The first kappa shape index (κ1) is 12.9. The molecule has 1 unspecified atom stereocenters. The summed E-state index contributed by atoms with van der Waals surface area (Å²) in [5.41, 5.74) is 6.38. The maximum absolute atomic E-state index is 10.4. The van der Waals surface area contributed by atoms with E-state index in [1.807, 2.05) is 18.2 Å². The Morgan fingerprint density at radius 3 is 2.89 bits per heavy atom. The van der Waals surface area contributed by atoms with Crippen molar-refractivity contribution in [2.24, 2.45) is 0 Å². The minimum atomic E-state index is -1.03. The van der Waals surface area contributed by atoms with Crippen molar-refractivity contribution in [2.45, 2.75) is 25.4 Å². The van der Waals surface area contributed by atoms with E-state index in [1.165, 1.54) is 5.56 Å². The number of amides is 1. The number of nitrogens with one attached hydrogen (secondary N) is 2. The largest absolute Gasteiger partial charge is 0.464 e. The second-order valence-electron chi connectivity index (χ2n) is 4.63. The highest BCUT2D eigenvalue weighted by molar-refractivity contribution is 5.63. The van der Waals surface area contributed by atoms with Crippen molar-refractivity contribution in [2.75, 3.05) is 13.1 Å². The summed E-state index contributed by atoms with van der Waals surface area (Å²) in [5, 5.41) is 8.56. The second kappa shape index (κ2) is 6.37. The Hall–Kier alpha value is -1.59. The normalized spacial score (nSPS) is 20.6. The number of benzene rings is 1. The predicted molar refractivity (Wildman–Crippen MR) is 69.0 cm³/mol. The van der Waals surface area contributed by atoms with Gasteiger partial charge in [0.25, 0.3) is 0 Å². The molecule has 0 radical (unpaired) electrons. The Morgan fingerprint density at radius 1 is 1.39 bits per heavy atom. The van der Waals surface area contributed by atoms with E-state index < -0.39 is 6.09 Å². The van der Waals surface area contributed by atoms with Crippen molar-refractivity contribution in [1.82, 2.24) is 15.8 Å². The van der Waals surface area contributed by atoms with Gasteiger partial charge in [0.2, 0.25) is 0 Å². The third-order valence-corrected chi connectivity index (χ3v) is 3.14. The molecule has 1 amide bonds. The minimum Gasteiger partial charge on any atom is -0.464 e. The van der Waals surface area contributed by atoms with Gasteiger partial charge >= 0.3 is 6.09 Å². The number of hydrogen-bond acceptors (Lipinski definition) is 3. The number of carbonyl (C=O) groups is 1. The van der Waals surface area contributed by atoms with Crippen LogP contribution in [0.2, 0.25) is 0 Å². The van der Waals surface area contributed by atoms with E-state index in [0.717, 1.165) is 32.5 Å². The Labute approximate surface area is 107 Å². The zero-order chi connectivity index (χ0) is 12.8. The zero-order valence-corrected chi connectivity index (χ0v) is 10.3. The van der Waals surface area contributed by atoms with E-state index in [-0.39, 0.29) is 6.04 Å². The minimum absolute atomic E-state index is 0.193. The van der Waals surface area contributed by atoms with Gasteiger partial charge in [-0.05, 0) is 24.9 Å². The Bertz CT molecular complexity index is 383. The number of nitrogens with zero attached hydrogens (tertiary/aromatic N) is 1. The maximum Gasteiger partial charge on any atom is 0.419 e. The number of hydrogen-bond donors (Lipinski definition) is 3. The molecule has 0 aliphatic carbocycles. The summed E-state index contributed by atoms with van der Waals surface area (Å²) in [5.74, 6) is 0. The number of carboxylic acid groups (broad SMARTS) is 1. The number of likely N-dealkylation sites (tertiary alicyclic amines) is 1. The fourth-order valence-corrected chi connectivity index (χ4v) is 2.32. The highest BCUT2D eigenvalue weighted by Gasteiger charge is 2.19. The molecule has 0 spiro atoms. The number of piperidine rings is 1. The van der Waals surface area contributed by atoms with Crippen molar-refractivity contribution in [3.63, 3.8) is 0 Å². The summed E-state index contributed by atoms with van der Waals surface area (Å²) in [6.45, 7) is 2.86. The van der Waals surface area contributed by atoms with Crippen molar-refractivity contribution < 1.29 is 9.90 Å². The molecule has 1 aliphatic heterocycles. The average Bonchev–Trinajstić information content (AvgIpc) is 2.38. The molecule has 5 heteroatoms. The second-order valence-corrected chi connectivity index (χ2v) is 4.63. The van der Waals surface area contributed by atoms with Gasteiger partial charge in [-0.3, -0.25) is 10.3 Å². The van der Waals surface area contributed by atoms with Gasteiger partial charge in [-0.2, -0.15) is 0 Å². The van der Waals surface area contributed by atoms with Crippen LogP contribution in [0.4, 0.5) is 4.79 Å². The lowest BCUT2D eigenvalue weighted by molar-refractivity contribution is 0.159. The van der Waals surface area contributed by atoms with Gasteiger partial charge in [-0.15, -0.1) is 0 Å². The summed E-state index contributed by atoms with van der Waals surface area (Å²) in [4.78, 5) is 12.8. The molecular weight excluding hydrogens is 230 g/mol. The van der Waals surface area contributed by atoms with Crippen LogP contribution in [0.5, 0.6) is 0 Å². The lowest BCUT2D eigenvalue weighted by Gasteiger charge is -2.32. The first-order chi connectivity index (χ1) is 8.74. The van der Waals surface area contributed by atoms with Crippen molar-refractivity contribution in [3.05, 3.63) is 35.9 Å². The molecule has 1 saturated heterocycles. The van der Waals surface area contributed by atoms with E-state index in [1.54, 1.807) is 0 Å². The summed E-state index contributed by atoms with van der Waals surface area (Å²) >= 11 is 0. The van der Waals surface area contributed by atoms with Gasteiger partial charge in [-0.1, -0.05) is 30.3 Å². The fourth-order valence-electron chi connectivity index (χ4n) is 2.32. The van der Waals surface area contributed by atoms with Crippen LogP contribution >= 0.6 is 0 Å². The molecule has 1 heterocycles. The zero-order valence-electron chi connectivity index (χ0n) is 10.3. The molecule has 18 heavy (non-hydrogen) atoms. The van der Waals surface area contributed by atoms with E-state index in [4.69, 9.17) is 5.11 Å². The molecule has 3 N–H and O–H groups in total. The lowest BCUT2D eigenvalue weighted by Crippen LogP contribution is -2.51. The van der Waals surface area contributed by atoms with Crippen LogP contribution < -0.4 is 10.9 Å². The molecule has 0 bridgehead atoms. The van der Waals surface area contributed by atoms with Gasteiger partial charge in [0.1, 0.15) is 0 Å². The Balaban J connectivity index is 1.81. The van der Waals surface area contributed by atoms with Crippen LogP contribution in [-0.4, -0.2) is 35.2 Å². The molecule has 1 atom stereocenters. The van der Waals surface area contributed by atoms with E-state index in [9.17, 15) is 4.79 Å². The molecule has 0 aromatic heterocycles. The van der Waals surface area contributed by atoms with Gasteiger partial charge in [-0.25, -0.2) is 10.2 Å². The van der Waals surface area contributed by atoms with E-state index in [2.05, 4.69) is 27.9 Å². The van der Waals surface area contributed by atoms with Gasteiger partial charge < -0.3 is 5.11 Å². The Morgan fingerprint density at radius 2 is 2.17 bits per heavy atom. The fraction of sp³-hybridized carbons (Fsp3) is 0.462. The predicted octanol–water partition coefficient (Wildman–Crippen LogP) is 1.42. The number of rotatable bonds is 4. The molecule has 0 saturated carbocycles. The molecule has 1 aliphatic rings. The molecule has 2 rings (SSSR count).